The van der Waals surface area contributed by atoms with Gasteiger partial charge in [0, 0.05) is 25.3 Å². The van der Waals surface area contributed by atoms with Gasteiger partial charge in [-0.2, -0.15) is 0 Å². The van der Waals surface area contributed by atoms with Gasteiger partial charge in [0.15, 0.2) is 5.69 Å². The van der Waals surface area contributed by atoms with Crippen LogP contribution in [0.1, 0.15) is 46.1 Å². The van der Waals surface area contributed by atoms with Crippen LogP contribution in [-0.2, 0) is 17.8 Å². The minimum absolute atomic E-state index is 0.0396. The highest BCUT2D eigenvalue weighted by atomic mass is 16.2. The predicted octanol–water partition coefficient (Wildman–Crippen LogP) is 2.61. The Kier molecular flexibility index (Phi) is 7.43. The maximum atomic E-state index is 13.6. The fourth-order valence-electron chi connectivity index (χ4n) is 4.25. The van der Waals surface area contributed by atoms with Gasteiger partial charge in [0.05, 0.1) is 6.54 Å². The first kappa shape index (κ1) is 23.6. The molecule has 8 heteroatoms. The Balaban J connectivity index is 2.00. The molecule has 0 saturated carbocycles. The third-order valence-electron chi connectivity index (χ3n) is 5.66. The van der Waals surface area contributed by atoms with Crippen molar-refractivity contribution in [3.05, 3.63) is 50.7 Å². The van der Waals surface area contributed by atoms with E-state index in [0.29, 0.717) is 13.1 Å². The number of carbonyl (C=O) groups excluding carboxylic acids is 1. The van der Waals surface area contributed by atoms with Crippen molar-refractivity contribution in [1.29, 1.82) is 0 Å². The van der Waals surface area contributed by atoms with E-state index in [-0.39, 0.29) is 35.8 Å². The molecular formula is C24H35N5O3. The van der Waals surface area contributed by atoms with E-state index in [4.69, 9.17) is 5.73 Å². The molecule has 0 unspecified atom stereocenters. The minimum Gasteiger partial charge on any atom is -0.383 e. The van der Waals surface area contributed by atoms with Crippen molar-refractivity contribution in [2.45, 2.75) is 53.5 Å². The number of para-hydroxylation sites is 1. The molecule has 0 radical (unpaired) electrons. The molecule has 0 bridgehead atoms. The molecule has 1 aromatic heterocycles. The third-order valence-corrected chi connectivity index (χ3v) is 5.66. The number of benzene rings is 1. The van der Waals surface area contributed by atoms with Crippen LogP contribution in [0.4, 0.5) is 17.2 Å². The van der Waals surface area contributed by atoms with Gasteiger partial charge in [-0.15, -0.1) is 0 Å². The highest BCUT2D eigenvalue weighted by Crippen LogP contribution is 2.27. The monoisotopic (exact) mass is 441 g/mol. The molecule has 0 fully saturated rings. The van der Waals surface area contributed by atoms with Crippen LogP contribution in [0.2, 0.25) is 0 Å². The van der Waals surface area contributed by atoms with E-state index >= 15 is 0 Å². The molecule has 2 aromatic rings. The van der Waals surface area contributed by atoms with Crippen LogP contribution in [-0.4, -0.2) is 35.1 Å². The van der Waals surface area contributed by atoms with Gasteiger partial charge in [0.2, 0.25) is 5.91 Å². The van der Waals surface area contributed by atoms with Gasteiger partial charge >= 0.3 is 5.69 Å². The molecule has 0 spiro atoms. The predicted molar refractivity (Wildman–Crippen MR) is 129 cm³/mol. The largest absolute Gasteiger partial charge is 0.383 e. The highest BCUT2D eigenvalue weighted by Gasteiger charge is 2.27. The summed E-state index contributed by atoms with van der Waals surface area (Å²) in [5.41, 5.74) is 7.50. The van der Waals surface area contributed by atoms with Gasteiger partial charge in [-0.1, -0.05) is 45.9 Å². The molecule has 3 N–H and O–H groups in total. The molecule has 1 aliphatic heterocycles. The summed E-state index contributed by atoms with van der Waals surface area (Å²) in [6, 6.07) is 8.16. The number of hydrogen-bond donors (Lipinski definition) is 2. The summed E-state index contributed by atoms with van der Waals surface area (Å²) < 4.78 is 1.35. The number of hydrogen-bond acceptors (Lipinski definition) is 5. The number of amides is 1. The molecule has 0 atom stereocenters. The van der Waals surface area contributed by atoms with E-state index < -0.39 is 11.2 Å². The summed E-state index contributed by atoms with van der Waals surface area (Å²) in [7, 11) is 0. The molecule has 1 aromatic carbocycles. The zero-order valence-electron chi connectivity index (χ0n) is 19.6. The number of carbonyl (C=O) groups is 1. The molecule has 1 amide bonds. The van der Waals surface area contributed by atoms with Crippen molar-refractivity contribution in [1.82, 2.24) is 9.55 Å². The standard InChI is InChI=1S/C24H35N5O3/c1-16(2)13-28(21-22(25)29(14-17(3)4)24(32)26-23(21)31)20(30)15-27-12-8-7-10-18-9-5-6-11-19(18)27/h5-6,9,11,16-17H,7-8,10,12-15,25H2,1-4H3,(H,26,31,32). The number of rotatable bonds is 7. The van der Waals surface area contributed by atoms with E-state index in [2.05, 4.69) is 16.0 Å². The van der Waals surface area contributed by atoms with Crippen LogP contribution < -0.4 is 26.8 Å². The SMILES string of the molecule is CC(C)CN(C(=O)CN1CCCCc2ccccc21)c1c(N)n(CC(C)C)c(=O)[nH]c1=O. The quantitative estimate of drug-likeness (QED) is 0.687. The highest BCUT2D eigenvalue weighted by molar-refractivity contribution is 5.98. The van der Waals surface area contributed by atoms with Gasteiger partial charge < -0.3 is 15.5 Å². The van der Waals surface area contributed by atoms with E-state index in [1.165, 1.54) is 15.0 Å². The normalized spacial score (nSPS) is 13.9. The minimum atomic E-state index is -0.627. The maximum Gasteiger partial charge on any atom is 0.330 e. The number of anilines is 3. The van der Waals surface area contributed by atoms with Crippen molar-refractivity contribution in [3.63, 3.8) is 0 Å². The number of aryl methyl sites for hydroxylation is 1. The fourth-order valence-corrected chi connectivity index (χ4v) is 4.25. The van der Waals surface area contributed by atoms with Gasteiger partial charge in [-0.3, -0.25) is 19.1 Å². The van der Waals surface area contributed by atoms with Crippen LogP contribution in [0.25, 0.3) is 0 Å². The Hall–Kier alpha value is -3.03. The molecule has 8 nitrogen and oxygen atoms in total. The average Bonchev–Trinajstić information content (AvgIpc) is 2.92. The number of nitrogens with one attached hydrogen (secondary N) is 1. The maximum absolute atomic E-state index is 13.6. The second-order valence-corrected chi connectivity index (χ2v) is 9.40. The summed E-state index contributed by atoms with van der Waals surface area (Å²) in [5.74, 6) is 0.0938. The second-order valence-electron chi connectivity index (χ2n) is 9.40. The number of aromatic amines is 1. The van der Waals surface area contributed by atoms with E-state index in [0.717, 1.165) is 31.5 Å². The Morgan fingerprint density at radius 2 is 1.84 bits per heavy atom. The lowest BCUT2D eigenvalue weighted by Crippen LogP contribution is -2.47. The summed E-state index contributed by atoms with van der Waals surface area (Å²) in [5, 5.41) is 0. The van der Waals surface area contributed by atoms with Gasteiger partial charge in [0.25, 0.3) is 5.56 Å². The summed E-state index contributed by atoms with van der Waals surface area (Å²) in [4.78, 5) is 44.7. The van der Waals surface area contributed by atoms with Crippen molar-refractivity contribution in [3.8, 4) is 0 Å². The molecule has 1 aliphatic rings. The van der Waals surface area contributed by atoms with Crippen molar-refractivity contribution < 1.29 is 4.79 Å². The average molecular weight is 442 g/mol. The number of fused-ring (bicyclic) bond motifs is 1. The van der Waals surface area contributed by atoms with Crippen molar-refractivity contribution >= 4 is 23.1 Å². The second kappa shape index (κ2) is 10.1. The molecule has 174 valence electrons. The van der Waals surface area contributed by atoms with E-state index in [1.54, 1.807) is 0 Å². The summed E-state index contributed by atoms with van der Waals surface area (Å²) >= 11 is 0. The Morgan fingerprint density at radius 1 is 1.12 bits per heavy atom. The van der Waals surface area contributed by atoms with Crippen molar-refractivity contribution in [2.24, 2.45) is 11.8 Å². The van der Waals surface area contributed by atoms with Crippen molar-refractivity contribution in [2.75, 3.05) is 35.2 Å². The molecule has 32 heavy (non-hydrogen) atoms. The topological polar surface area (TPSA) is 104 Å². The zero-order valence-corrected chi connectivity index (χ0v) is 19.6. The first-order valence-corrected chi connectivity index (χ1v) is 11.4. The molecule has 0 saturated heterocycles. The Labute approximate surface area is 189 Å². The van der Waals surface area contributed by atoms with Crippen LogP contribution >= 0.6 is 0 Å². The van der Waals surface area contributed by atoms with Crippen LogP contribution in [0.3, 0.4) is 0 Å². The number of aromatic nitrogens is 2. The first-order chi connectivity index (χ1) is 15.2. The molecular weight excluding hydrogens is 406 g/mol. The Morgan fingerprint density at radius 3 is 2.53 bits per heavy atom. The van der Waals surface area contributed by atoms with Gasteiger partial charge in [-0.25, -0.2) is 4.79 Å². The molecule has 2 heterocycles. The smallest absolute Gasteiger partial charge is 0.330 e. The lowest BCUT2D eigenvalue weighted by molar-refractivity contribution is -0.117. The van der Waals surface area contributed by atoms with Gasteiger partial charge in [0.1, 0.15) is 5.82 Å². The lowest BCUT2D eigenvalue weighted by Gasteiger charge is -2.30. The van der Waals surface area contributed by atoms with Crippen LogP contribution in [0.15, 0.2) is 33.9 Å². The lowest BCUT2D eigenvalue weighted by atomic mass is 10.1. The summed E-state index contributed by atoms with van der Waals surface area (Å²) in [6.45, 7) is 9.50. The van der Waals surface area contributed by atoms with Crippen LogP contribution in [0.5, 0.6) is 0 Å². The van der Waals surface area contributed by atoms with Crippen LogP contribution in [0, 0.1) is 11.8 Å². The van der Waals surface area contributed by atoms with Gasteiger partial charge in [-0.05, 0) is 42.7 Å². The fraction of sp³-hybridized carbons (Fsp3) is 0.542. The Bertz CT molecular complexity index is 1070. The molecule has 3 rings (SSSR count). The number of H-pyrrole nitrogens is 1. The first-order valence-electron chi connectivity index (χ1n) is 11.4. The number of nitrogens with zero attached hydrogens (tertiary/aromatic N) is 3. The zero-order chi connectivity index (χ0) is 23.4. The number of nitrogen functional groups attached to an aromatic ring is 1. The number of nitrogens with two attached hydrogens (primary N) is 1. The van der Waals surface area contributed by atoms with E-state index in [9.17, 15) is 14.4 Å². The third kappa shape index (κ3) is 5.23. The van der Waals surface area contributed by atoms with E-state index in [1.807, 2.05) is 45.9 Å². The summed E-state index contributed by atoms with van der Waals surface area (Å²) in [6.07, 6.45) is 3.06. The molecule has 0 aliphatic carbocycles.